The molecule has 1 spiro atoms. The molecule has 6 rings (SSSR count). The second kappa shape index (κ2) is 10.5. The maximum Gasteiger partial charge on any atom is 0.365 e. The predicted molar refractivity (Wildman–Crippen MR) is 164 cm³/mol. The Morgan fingerprint density at radius 1 is 0.850 bits per heavy atom. The standard InChI is InChI=1S/C32H27ClN4O2S/c1-4-39-31(38)30-35-37(25-14-10-11-23(33)20-25)32(40-30)28-16-9-8-15-26(28)29(27-19-21(2)17-18-22(27)3)34-36(32)24-12-6-5-7-13-24/h5-20H,4H2,1-3H3/t32-/m0/s1. The summed E-state index contributed by atoms with van der Waals surface area (Å²) in [5, 5.41) is 14.8. The van der Waals surface area contributed by atoms with Crippen LogP contribution in [0.5, 0.6) is 0 Å². The van der Waals surface area contributed by atoms with E-state index in [2.05, 4.69) is 44.2 Å². The molecule has 2 aliphatic rings. The number of ether oxygens (including phenoxy) is 1. The van der Waals surface area contributed by atoms with Crippen molar-refractivity contribution in [2.45, 2.75) is 25.8 Å². The van der Waals surface area contributed by atoms with Crippen LogP contribution in [0.2, 0.25) is 5.02 Å². The molecule has 0 N–H and O–H groups in total. The smallest absolute Gasteiger partial charge is 0.365 e. The van der Waals surface area contributed by atoms with E-state index in [0.29, 0.717) is 5.02 Å². The maximum atomic E-state index is 13.2. The van der Waals surface area contributed by atoms with Gasteiger partial charge in [-0.05, 0) is 74.5 Å². The molecule has 0 unspecified atom stereocenters. The zero-order valence-corrected chi connectivity index (χ0v) is 23.9. The molecule has 2 aliphatic heterocycles. The number of anilines is 2. The highest BCUT2D eigenvalue weighted by Crippen LogP contribution is 2.55. The quantitative estimate of drug-likeness (QED) is 0.235. The van der Waals surface area contributed by atoms with Crippen LogP contribution in [0.1, 0.15) is 34.7 Å². The molecule has 1 atom stereocenters. The number of benzene rings is 4. The Hall–Kier alpha value is -4.07. The molecule has 200 valence electrons. The molecule has 0 bridgehead atoms. The van der Waals surface area contributed by atoms with Gasteiger partial charge in [-0.1, -0.05) is 77.8 Å². The molecule has 8 heteroatoms. The van der Waals surface area contributed by atoms with Gasteiger partial charge in [-0.25, -0.2) is 14.8 Å². The highest BCUT2D eigenvalue weighted by atomic mass is 35.5. The number of rotatable bonds is 5. The molecule has 6 nitrogen and oxygen atoms in total. The van der Waals surface area contributed by atoms with Gasteiger partial charge in [-0.2, -0.15) is 10.2 Å². The number of esters is 1. The Morgan fingerprint density at radius 2 is 1.57 bits per heavy atom. The van der Waals surface area contributed by atoms with E-state index in [1.165, 1.54) is 11.8 Å². The maximum absolute atomic E-state index is 13.2. The lowest BCUT2D eigenvalue weighted by Crippen LogP contribution is -2.54. The van der Waals surface area contributed by atoms with Gasteiger partial charge in [0.1, 0.15) is 0 Å². The summed E-state index contributed by atoms with van der Waals surface area (Å²) in [5.41, 5.74) is 7.64. The SMILES string of the molecule is CCOC(=O)C1=NN(c2cccc(Cl)c2)[C@]2(S1)c1ccccc1C(c1cc(C)ccc1C)=NN2c1ccccc1. The summed E-state index contributed by atoms with van der Waals surface area (Å²) in [4.78, 5) is 12.1. The van der Waals surface area contributed by atoms with Gasteiger partial charge in [0.05, 0.1) is 23.7 Å². The third-order valence-corrected chi connectivity index (χ3v) is 8.42. The highest BCUT2D eigenvalue weighted by molar-refractivity contribution is 8.16. The summed E-state index contributed by atoms with van der Waals surface area (Å²) >= 11 is 7.79. The van der Waals surface area contributed by atoms with Crippen molar-refractivity contribution in [1.29, 1.82) is 0 Å². The van der Waals surface area contributed by atoms with Crippen LogP contribution in [-0.4, -0.2) is 23.3 Å². The van der Waals surface area contributed by atoms with Gasteiger partial charge < -0.3 is 4.74 Å². The molecule has 0 aliphatic carbocycles. The average molecular weight is 567 g/mol. The monoisotopic (exact) mass is 566 g/mol. The van der Waals surface area contributed by atoms with Crippen LogP contribution in [0.15, 0.2) is 107 Å². The van der Waals surface area contributed by atoms with Gasteiger partial charge >= 0.3 is 5.97 Å². The number of nitrogens with zero attached hydrogens (tertiary/aromatic N) is 4. The first kappa shape index (κ1) is 26.2. The summed E-state index contributed by atoms with van der Waals surface area (Å²) in [6.45, 7) is 6.22. The second-order valence-corrected chi connectivity index (χ2v) is 11.2. The third kappa shape index (κ3) is 4.35. The number of carbonyl (C=O) groups is 1. The molecule has 0 amide bonds. The number of thioether (sulfide) groups is 1. The van der Waals surface area contributed by atoms with E-state index in [1.54, 1.807) is 6.92 Å². The van der Waals surface area contributed by atoms with Crippen molar-refractivity contribution >= 4 is 51.5 Å². The minimum atomic E-state index is -1.08. The minimum Gasteiger partial charge on any atom is -0.461 e. The van der Waals surface area contributed by atoms with Crippen LogP contribution in [0, 0.1) is 13.8 Å². The molecule has 4 aromatic rings. The Kier molecular flexibility index (Phi) is 6.86. The molecule has 0 aromatic heterocycles. The molecule has 0 saturated carbocycles. The molecular weight excluding hydrogens is 540 g/mol. The fraction of sp³-hybridized carbons (Fsp3) is 0.156. The summed E-state index contributed by atoms with van der Waals surface area (Å²) < 4.78 is 5.42. The fourth-order valence-electron chi connectivity index (χ4n) is 5.08. The molecule has 0 fully saturated rings. The van der Waals surface area contributed by atoms with Crippen LogP contribution in [-0.2, 0) is 14.5 Å². The van der Waals surface area contributed by atoms with Crippen molar-refractivity contribution in [2.24, 2.45) is 10.2 Å². The van der Waals surface area contributed by atoms with E-state index in [0.717, 1.165) is 44.9 Å². The molecular formula is C32H27ClN4O2S. The number of hydrazone groups is 2. The Labute approximate surface area is 242 Å². The van der Waals surface area contributed by atoms with Crippen molar-refractivity contribution in [2.75, 3.05) is 16.6 Å². The van der Waals surface area contributed by atoms with Gasteiger partial charge in [0.15, 0.2) is 0 Å². The largest absolute Gasteiger partial charge is 0.461 e. The number of para-hydroxylation sites is 1. The van der Waals surface area contributed by atoms with E-state index in [9.17, 15) is 4.79 Å². The molecule has 4 aromatic carbocycles. The summed E-state index contributed by atoms with van der Waals surface area (Å²) in [7, 11) is 0. The van der Waals surface area contributed by atoms with E-state index in [4.69, 9.17) is 26.5 Å². The second-order valence-electron chi connectivity index (χ2n) is 9.59. The summed E-state index contributed by atoms with van der Waals surface area (Å²) in [6, 6.07) is 32.0. The number of fused-ring (bicyclic) bond motifs is 2. The number of hydrogen-bond acceptors (Lipinski definition) is 7. The summed E-state index contributed by atoms with van der Waals surface area (Å²) in [5.74, 6) is -0.480. The average Bonchev–Trinajstić information content (AvgIpc) is 3.37. The van der Waals surface area contributed by atoms with E-state index >= 15 is 0 Å². The number of carbonyl (C=O) groups excluding carboxylic acids is 1. The van der Waals surface area contributed by atoms with Crippen LogP contribution < -0.4 is 10.0 Å². The van der Waals surface area contributed by atoms with Crippen molar-refractivity contribution in [1.82, 2.24) is 0 Å². The van der Waals surface area contributed by atoms with Crippen molar-refractivity contribution in [3.8, 4) is 0 Å². The lowest BCUT2D eigenvalue weighted by molar-refractivity contribution is -0.134. The molecule has 0 saturated heterocycles. The number of halogens is 1. The van der Waals surface area contributed by atoms with Crippen LogP contribution in [0.25, 0.3) is 0 Å². The number of aryl methyl sites for hydroxylation is 2. The van der Waals surface area contributed by atoms with Crippen LogP contribution in [0.4, 0.5) is 11.4 Å². The normalized spacial score (nSPS) is 17.9. The topological polar surface area (TPSA) is 57.5 Å². The van der Waals surface area contributed by atoms with Crippen molar-refractivity contribution in [3.63, 3.8) is 0 Å². The highest BCUT2D eigenvalue weighted by Gasteiger charge is 2.56. The minimum absolute atomic E-state index is 0.239. The van der Waals surface area contributed by atoms with Crippen molar-refractivity contribution in [3.05, 3.63) is 130 Å². The van der Waals surface area contributed by atoms with Crippen LogP contribution >= 0.6 is 23.4 Å². The first-order valence-corrected chi connectivity index (χ1v) is 14.2. The fourth-order valence-corrected chi connectivity index (χ4v) is 6.55. The third-order valence-electron chi connectivity index (χ3n) is 6.89. The first-order chi connectivity index (χ1) is 19.4. The van der Waals surface area contributed by atoms with Gasteiger partial charge in [-0.15, -0.1) is 0 Å². The lowest BCUT2D eigenvalue weighted by Gasteiger charge is -2.47. The van der Waals surface area contributed by atoms with E-state index in [1.807, 2.05) is 76.7 Å². The van der Waals surface area contributed by atoms with Crippen LogP contribution in [0.3, 0.4) is 0 Å². The lowest BCUT2D eigenvalue weighted by atomic mass is 9.90. The van der Waals surface area contributed by atoms with Gasteiger partial charge in [-0.3, -0.25) is 0 Å². The zero-order chi connectivity index (χ0) is 27.9. The number of hydrogen-bond donors (Lipinski definition) is 0. The molecule has 2 heterocycles. The Balaban J connectivity index is 1.67. The van der Waals surface area contributed by atoms with Gasteiger partial charge in [0.2, 0.25) is 10.0 Å². The Bertz CT molecular complexity index is 1670. The van der Waals surface area contributed by atoms with E-state index in [-0.39, 0.29) is 11.7 Å². The molecule has 40 heavy (non-hydrogen) atoms. The first-order valence-electron chi connectivity index (χ1n) is 13.0. The predicted octanol–water partition coefficient (Wildman–Crippen LogP) is 7.47. The molecule has 0 radical (unpaired) electrons. The van der Waals surface area contributed by atoms with Crippen molar-refractivity contribution < 1.29 is 9.53 Å². The Morgan fingerprint density at radius 3 is 2.35 bits per heavy atom. The zero-order valence-electron chi connectivity index (χ0n) is 22.3. The summed E-state index contributed by atoms with van der Waals surface area (Å²) in [6.07, 6.45) is 0. The van der Waals surface area contributed by atoms with Gasteiger partial charge in [0.25, 0.3) is 0 Å². The van der Waals surface area contributed by atoms with E-state index < -0.39 is 11.0 Å². The van der Waals surface area contributed by atoms with Gasteiger partial charge in [0, 0.05) is 21.7 Å².